The lowest BCUT2D eigenvalue weighted by molar-refractivity contribution is -0.137. The monoisotopic (exact) mass is 471 g/mol. The lowest BCUT2D eigenvalue weighted by atomic mass is 10.2. The van der Waals surface area contributed by atoms with Crippen molar-refractivity contribution >= 4 is 17.5 Å². The molecule has 0 fully saturated rings. The molecule has 0 saturated carbocycles. The zero-order valence-electron chi connectivity index (χ0n) is 18.1. The number of nitrogens with zero attached hydrogens (tertiary/aromatic N) is 5. The van der Waals surface area contributed by atoms with E-state index in [1.165, 1.54) is 10.6 Å². The normalized spacial score (nSPS) is 11.7. The van der Waals surface area contributed by atoms with Gasteiger partial charge in [0, 0.05) is 42.0 Å². The van der Waals surface area contributed by atoms with Crippen LogP contribution in [0.2, 0.25) is 0 Å². The van der Waals surface area contributed by atoms with E-state index in [1.807, 2.05) is 31.5 Å². The molecule has 3 heterocycles. The molecule has 0 unspecified atom stereocenters. The summed E-state index contributed by atoms with van der Waals surface area (Å²) in [5.74, 6) is 0.306. The van der Waals surface area contributed by atoms with Crippen LogP contribution in [-0.4, -0.2) is 35.9 Å². The van der Waals surface area contributed by atoms with Crippen LogP contribution < -0.4 is 0 Å². The minimum atomic E-state index is -4.50. The zero-order valence-corrected chi connectivity index (χ0v) is 18.9. The first-order valence-electron chi connectivity index (χ1n) is 9.99. The molecule has 33 heavy (non-hydrogen) atoms. The second kappa shape index (κ2) is 8.86. The van der Waals surface area contributed by atoms with Crippen LogP contribution in [0.25, 0.3) is 17.1 Å². The van der Waals surface area contributed by atoms with Crippen molar-refractivity contribution in [3.05, 3.63) is 77.4 Å². The average Bonchev–Trinajstić information content (AvgIpc) is 3.34. The average molecular weight is 472 g/mol. The maximum absolute atomic E-state index is 13.3. The van der Waals surface area contributed by atoms with Crippen molar-refractivity contribution < 1.29 is 18.0 Å². The van der Waals surface area contributed by atoms with E-state index < -0.39 is 11.7 Å². The topological polar surface area (TPSA) is 65.6 Å². The van der Waals surface area contributed by atoms with Crippen LogP contribution in [0.1, 0.15) is 27.3 Å². The van der Waals surface area contributed by atoms with Crippen molar-refractivity contribution in [3.63, 3.8) is 0 Å². The van der Waals surface area contributed by atoms with Crippen LogP contribution in [0.5, 0.6) is 0 Å². The molecule has 0 aliphatic carbocycles. The summed E-state index contributed by atoms with van der Waals surface area (Å²) in [4.78, 5) is 16.9. The number of benzene rings is 1. The van der Waals surface area contributed by atoms with E-state index in [2.05, 4.69) is 15.2 Å². The third-order valence-corrected chi connectivity index (χ3v) is 6.32. The molecule has 6 nitrogen and oxygen atoms in total. The Hall–Kier alpha value is -3.40. The van der Waals surface area contributed by atoms with Gasteiger partial charge in [-0.25, -0.2) is 0 Å². The Morgan fingerprint density at radius 1 is 1.09 bits per heavy atom. The molecule has 0 atom stereocenters. The highest BCUT2D eigenvalue weighted by Gasteiger charge is 2.31. The predicted octanol–water partition coefficient (Wildman–Crippen LogP) is 5.28. The molecule has 0 aliphatic rings. The van der Waals surface area contributed by atoms with E-state index in [-0.39, 0.29) is 17.2 Å². The molecule has 0 aliphatic heterocycles. The van der Waals surface area contributed by atoms with E-state index in [1.54, 1.807) is 30.6 Å². The van der Waals surface area contributed by atoms with Crippen LogP contribution in [0.4, 0.5) is 13.2 Å². The summed E-state index contributed by atoms with van der Waals surface area (Å²) in [6, 6.07) is 10.2. The fourth-order valence-corrected chi connectivity index (χ4v) is 4.28. The SMILES string of the molecule is Cc1cc(C(=O)CSc2nnc(-c3cccnc3)n2-c2cccc(C(F)(F)F)c2)c(C)n1C. The summed E-state index contributed by atoms with van der Waals surface area (Å²) >= 11 is 1.13. The van der Waals surface area contributed by atoms with Crippen molar-refractivity contribution in [3.8, 4) is 17.1 Å². The molecular formula is C23H20F3N5OS. The van der Waals surface area contributed by atoms with Crippen molar-refractivity contribution in [1.82, 2.24) is 24.3 Å². The van der Waals surface area contributed by atoms with Gasteiger partial charge in [-0.05, 0) is 50.2 Å². The number of aromatic nitrogens is 5. The molecule has 0 bridgehead atoms. The Morgan fingerprint density at radius 3 is 2.52 bits per heavy atom. The fourth-order valence-electron chi connectivity index (χ4n) is 3.44. The van der Waals surface area contributed by atoms with Crippen molar-refractivity contribution in [2.45, 2.75) is 25.2 Å². The molecule has 4 rings (SSSR count). The molecule has 4 aromatic rings. The van der Waals surface area contributed by atoms with Gasteiger partial charge in [0.05, 0.1) is 17.0 Å². The minimum Gasteiger partial charge on any atom is -0.351 e. The molecule has 0 radical (unpaired) electrons. The van der Waals surface area contributed by atoms with Gasteiger partial charge >= 0.3 is 6.18 Å². The quantitative estimate of drug-likeness (QED) is 0.283. The van der Waals surface area contributed by atoms with Crippen LogP contribution >= 0.6 is 11.8 Å². The lowest BCUT2D eigenvalue weighted by Gasteiger charge is -2.13. The number of Topliss-reactive ketones (excluding diaryl/α,β-unsaturated/α-hetero) is 1. The molecule has 10 heteroatoms. The molecular weight excluding hydrogens is 451 g/mol. The summed E-state index contributed by atoms with van der Waals surface area (Å²) in [7, 11) is 1.89. The molecule has 3 aromatic heterocycles. The molecule has 170 valence electrons. The zero-order chi connectivity index (χ0) is 23.8. The molecule has 0 spiro atoms. The summed E-state index contributed by atoms with van der Waals surface area (Å²) in [5, 5.41) is 8.69. The van der Waals surface area contributed by atoms with Crippen LogP contribution in [-0.2, 0) is 13.2 Å². The van der Waals surface area contributed by atoms with Gasteiger partial charge in [0.25, 0.3) is 0 Å². The number of hydrogen-bond acceptors (Lipinski definition) is 5. The van der Waals surface area contributed by atoms with Gasteiger partial charge in [-0.3, -0.25) is 14.3 Å². The number of thioether (sulfide) groups is 1. The lowest BCUT2D eigenvalue weighted by Crippen LogP contribution is -2.08. The summed E-state index contributed by atoms with van der Waals surface area (Å²) in [6.07, 6.45) is -1.35. The minimum absolute atomic E-state index is 0.0639. The number of carbonyl (C=O) groups is 1. The molecule has 0 saturated heterocycles. The van der Waals surface area contributed by atoms with Gasteiger partial charge in [-0.2, -0.15) is 13.2 Å². The van der Waals surface area contributed by atoms with Crippen LogP contribution in [0.3, 0.4) is 0 Å². The van der Waals surface area contributed by atoms with E-state index in [9.17, 15) is 18.0 Å². The van der Waals surface area contributed by atoms with Gasteiger partial charge < -0.3 is 4.57 Å². The summed E-state index contributed by atoms with van der Waals surface area (Å²) in [6.45, 7) is 3.79. The number of rotatable bonds is 6. The Bertz CT molecular complexity index is 1310. The highest BCUT2D eigenvalue weighted by atomic mass is 32.2. The Balaban J connectivity index is 1.73. The van der Waals surface area contributed by atoms with Gasteiger partial charge in [-0.15, -0.1) is 10.2 Å². The van der Waals surface area contributed by atoms with Gasteiger partial charge in [-0.1, -0.05) is 17.8 Å². The number of pyridine rings is 1. The van der Waals surface area contributed by atoms with Gasteiger partial charge in [0.1, 0.15) is 0 Å². The van der Waals surface area contributed by atoms with Crippen LogP contribution in [0, 0.1) is 13.8 Å². The largest absolute Gasteiger partial charge is 0.416 e. The Labute approximate surface area is 192 Å². The maximum atomic E-state index is 13.3. The first kappa shape index (κ1) is 22.8. The van der Waals surface area contributed by atoms with E-state index >= 15 is 0 Å². The number of ketones is 1. The molecule has 0 N–H and O–H groups in total. The van der Waals surface area contributed by atoms with Gasteiger partial charge in [0.2, 0.25) is 0 Å². The van der Waals surface area contributed by atoms with Crippen molar-refractivity contribution in [2.75, 3.05) is 5.75 Å². The third kappa shape index (κ3) is 4.56. The summed E-state index contributed by atoms with van der Waals surface area (Å²) < 4.78 is 43.5. The molecule has 1 aromatic carbocycles. The number of hydrogen-bond donors (Lipinski definition) is 0. The second-order valence-corrected chi connectivity index (χ2v) is 8.43. The smallest absolute Gasteiger partial charge is 0.351 e. The van der Waals surface area contributed by atoms with E-state index in [0.717, 1.165) is 35.3 Å². The summed E-state index contributed by atoms with van der Waals surface area (Å²) in [5.41, 5.74) is 2.49. The number of aryl methyl sites for hydroxylation is 1. The number of alkyl halides is 3. The standard InChI is InChI=1S/C23H20F3N5OS/c1-14-10-19(15(2)30(14)3)20(32)13-33-22-29-28-21(16-6-5-9-27-12-16)31(22)18-8-4-7-17(11-18)23(24,25)26/h4-12H,13H2,1-3H3. The van der Waals surface area contributed by atoms with E-state index in [0.29, 0.717) is 22.1 Å². The predicted molar refractivity (Wildman–Crippen MR) is 120 cm³/mol. The number of halogens is 3. The highest BCUT2D eigenvalue weighted by molar-refractivity contribution is 7.99. The highest BCUT2D eigenvalue weighted by Crippen LogP contribution is 2.33. The molecule has 0 amide bonds. The van der Waals surface area contributed by atoms with Crippen molar-refractivity contribution in [2.24, 2.45) is 7.05 Å². The second-order valence-electron chi connectivity index (χ2n) is 7.49. The maximum Gasteiger partial charge on any atom is 0.416 e. The first-order chi connectivity index (χ1) is 15.7. The Kier molecular flexibility index (Phi) is 6.11. The van der Waals surface area contributed by atoms with Crippen molar-refractivity contribution in [1.29, 1.82) is 0 Å². The number of carbonyl (C=O) groups excluding carboxylic acids is 1. The first-order valence-corrected chi connectivity index (χ1v) is 11.0. The van der Waals surface area contributed by atoms with Gasteiger partial charge in [0.15, 0.2) is 16.8 Å². The fraction of sp³-hybridized carbons (Fsp3) is 0.217. The van der Waals surface area contributed by atoms with Crippen LogP contribution in [0.15, 0.2) is 60.0 Å². The third-order valence-electron chi connectivity index (χ3n) is 5.39. The Morgan fingerprint density at radius 2 is 1.88 bits per heavy atom. The van der Waals surface area contributed by atoms with E-state index in [4.69, 9.17) is 0 Å².